The standard InChI is InChI=1S/C19H22FN3O2/c1-14-4-2-5-15(12-14)18(19(24)25)23-10-8-22(9-11-23)13-17-16(20)6-3-7-21-17/h2-7,12,18H,8-11,13H2,1H3,(H,24,25). The minimum absolute atomic E-state index is 0.298. The number of halogens is 1. The van der Waals surface area contributed by atoms with E-state index in [4.69, 9.17) is 0 Å². The molecule has 2 aromatic rings. The fraction of sp³-hybridized carbons (Fsp3) is 0.368. The van der Waals surface area contributed by atoms with Gasteiger partial charge in [0, 0.05) is 38.9 Å². The van der Waals surface area contributed by atoms with Crippen molar-refractivity contribution in [3.05, 3.63) is 65.2 Å². The van der Waals surface area contributed by atoms with E-state index in [-0.39, 0.29) is 5.82 Å². The van der Waals surface area contributed by atoms with Crippen LogP contribution in [-0.4, -0.2) is 52.0 Å². The molecule has 3 rings (SSSR count). The van der Waals surface area contributed by atoms with Gasteiger partial charge in [0.15, 0.2) is 0 Å². The molecule has 0 spiro atoms. The summed E-state index contributed by atoms with van der Waals surface area (Å²) in [6.07, 6.45) is 1.59. The summed E-state index contributed by atoms with van der Waals surface area (Å²) in [6.45, 7) is 5.03. The Morgan fingerprint density at radius 2 is 2.00 bits per heavy atom. The number of piperazine rings is 1. The Hall–Kier alpha value is -2.31. The first-order valence-electron chi connectivity index (χ1n) is 8.40. The van der Waals surface area contributed by atoms with Gasteiger partial charge in [-0.05, 0) is 24.6 Å². The molecule has 0 amide bonds. The van der Waals surface area contributed by atoms with Crippen molar-refractivity contribution in [3.63, 3.8) is 0 Å². The second kappa shape index (κ2) is 7.72. The number of aromatic nitrogens is 1. The van der Waals surface area contributed by atoms with Gasteiger partial charge in [-0.2, -0.15) is 0 Å². The Labute approximate surface area is 146 Å². The summed E-state index contributed by atoms with van der Waals surface area (Å²) in [5, 5.41) is 9.69. The Morgan fingerprint density at radius 3 is 2.64 bits per heavy atom. The molecule has 1 aliphatic heterocycles. The van der Waals surface area contributed by atoms with Gasteiger partial charge in [-0.25, -0.2) is 4.39 Å². The van der Waals surface area contributed by atoms with Gasteiger partial charge in [-0.3, -0.25) is 19.6 Å². The zero-order valence-electron chi connectivity index (χ0n) is 14.2. The number of carboxylic acid groups (broad SMARTS) is 1. The van der Waals surface area contributed by atoms with E-state index in [2.05, 4.69) is 9.88 Å². The monoisotopic (exact) mass is 343 g/mol. The Morgan fingerprint density at radius 1 is 1.24 bits per heavy atom. The van der Waals surface area contributed by atoms with Crippen molar-refractivity contribution in [1.29, 1.82) is 0 Å². The predicted molar refractivity (Wildman–Crippen MR) is 92.6 cm³/mol. The predicted octanol–water partition coefficient (Wildman–Crippen LogP) is 2.47. The quantitative estimate of drug-likeness (QED) is 0.904. The van der Waals surface area contributed by atoms with Crippen LogP contribution in [0.3, 0.4) is 0 Å². The molecule has 1 aromatic carbocycles. The van der Waals surface area contributed by atoms with E-state index in [0.717, 1.165) is 11.1 Å². The summed E-state index contributed by atoms with van der Waals surface area (Å²) < 4.78 is 13.7. The molecular weight excluding hydrogens is 321 g/mol. The summed E-state index contributed by atoms with van der Waals surface area (Å²) in [4.78, 5) is 20.0. The highest BCUT2D eigenvalue weighted by Crippen LogP contribution is 2.24. The molecule has 6 heteroatoms. The van der Waals surface area contributed by atoms with Crippen LogP contribution in [-0.2, 0) is 11.3 Å². The molecule has 0 radical (unpaired) electrons. The summed E-state index contributed by atoms with van der Waals surface area (Å²) in [5.74, 6) is -1.14. The van der Waals surface area contributed by atoms with Gasteiger partial charge < -0.3 is 5.11 Å². The molecule has 1 atom stereocenters. The summed E-state index contributed by atoms with van der Waals surface area (Å²) in [7, 11) is 0. The minimum Gasteiger partial charge on any atom is -0.480 e. The largest absolute Gasteiger partial charge is 0.480 e. The van der Waals surface area contributed by atoms with Crippen molar-refractivity contribution < 1.29 is 14.3 Å². The van der Waals surface area contributed by atoms with Crippen LogP contribution in [0.5, 0.6) is 0 Å². The fourth-order valence-electron chi connectivity index (χ4n) is 3.28. The average molecular weight is 343 g/mol. The first kappa shape index (κ1) is 17.5. The lowest BCUT2D eigenvalue weighted by Gasteiger charge is -2.37. The van der Waals surface area contributed by atoms with Gasteiger partial charge in [-0.15, -0.1) is 0 Å². The van der Waals surface area contributed by atoms with E-state index >= 15 is 0 Å². The summed E-state index contributed by atoms with van der Waals surface area (Å²) >= 11 is 0. The topological polar surface area (TPSA) is 56.7 Å². The Kier molecular flexibility index (Phi) is 5.40. The normalized spacial score (nSPS) is 17.4. The summed E-state index contributed by atoms with van der Waals surface area (Å²) in [5.41, 5.74) is 2.29. The molecule has 2 heterocycles. The fourth-order valence-corrected chi connectivity index (χ4v) is 3.28. The molecule has 1 aromatic heterocycles. The lowest BCUT2D eigenvalue weighted by Crippen LogP contribution is -2.49. The number of hydrogen-bond donors (Lipinski definition) is 1. The molecule has 0 aliphatic carbocycles. The zero-order valence-corrected chi connectivity index (χ0v) is 14.2. The lowest BCUT2D eigenvalue weighted by molar-refractivity contribution is -0.144. The molecule has 5 nitrogen and oxygen atoms in total. The number of aryl methyl sites for hydroxylation is 1. The van der Waals surface area contributed by atoms with Crippen LogP contribution in [0.1, 0.15) is 22.9 Å². The van der Waals surface area contributed by atoms with Gasteiger partial charge in [0.25, 0.3) is 0 Å². The SMILES string of the molecule is Cc1cccc(C(C(=O)O)N2CCN(Cc3ncccc3F)CC2)c1. The van der Waals surface area contributed by atoms with Gasteiger partial charge in [0.05, 0.1) is 5.69 Å². The van der Waals surface area contributed by atoms with Crippen molar-refractivity contribution in [1.82, 2.24) is 14.8 Å². The molecule has 1 saturated heterocycles. The highest BCUT2D eigenvalue weighted by atomic mass is 19.1. The van der Waals surface area contributed by atoms with Crippen LogP contribution in [0.15, 0.2) is 42.6 Å². The van der Waals surface area contributed by atoms with Crippen molar-refractivity contribution >= 4 is 5.97 Å². The van der Waals surface area contributed by atoms with Gasteiger partial charge in [-0.1, -0.05) is 29.8 Å². The Balaban J connectivity index is 1.66. The maximum atomic E-state index is 13.7. The minimum atomic E-state index is -0.838. The highest BCUT2D eigenvalue weighted by molar-refractivity contribution is 5.75. The average Bonchev–Trinajstić information content (AvgIpc) is 2.58. The Bertz CT molecular complexity index is 745. The summed E-state index contributed by atoms with van der Waals surface area (Å²) in [6, 6.07) is 9.99. The number of rotatable bonds is 5. The van der Waals surface area contributed by atoms with Crippen LogP contribution in [0.25, 0.3) is 0 Å². The van der Waals surface area contributed by atoms with Crippen LogP contribution < -0.4 is 0 Å². The maximum Gasteiger partial charge on any atom is 0.325 e. The number of aliphatic carboxylic acids is 1. The van der Waals surface area contributed by atoms with E-state index < -0.39 is 12.0 Å². The van der Waals surface area contributed by atoms with Crippen LogP contribution in [0.2, 0.25) is 0 Å². The van der Waals surface area contributed by atoms with E-state index in [1.807, 2.05) is 36.1 Å². The number of carbonyl (C=O) groups is 1. The number of hydrogen-bond acceptors (Lipinski definition) is 4. The van der Waals surface area contributed by atoms with Crippen LogP contribution >= 0.6 is 0 Å². The molecule has 0 saturated carbocycles. The third-order valence-electron chi connectivity index (χ3n) is 4.57. The number of benzene rings is 1. The molecule has 1 unspecified atom stereocenters. The molecule has 132 valence electrons. The second-order valence-electron chi connectivity index (χ2n) is 6.40. The van der Waals surface area contributed by atoms with Crippen molar-refractivity contribution in [3.8, 4) is 0 Å². The van der Waals surface area contributed by atoms with Crippen LogP contribution in [0.4, 0.5) is 4.39 Å². The van der Waals surface area contributed by atoms with Gasteiger partial charge in [0.1, 0.15) is 11.9 Å². The number of carboxylic acids is 1. The van der Waals surface area contributed by atoms with Crippen molar-refractivity contribution in [2.75, 3.05) is 26.2 Å². The first-order chi connectivity index (χ1) is 12.0. The van der Waals surface area contributed by atoms with Gasteiger partial charge in [0.2, 0.25) is 0 Å². The maximum absolute atomic E-state index is 13.7. The van der Waals surface area contributed by atoms with Crippen molar-refractivity contribution in [2.24, 2.45) is 0 Å². The van der Waals surface area contributed by atoms with Gasteiger partial charge >= 0.3 is 5.97 Å². The van der Waals surface area contributed by atoms with Crippen LogP contribution in [0, 0.1) is 12.7 Å². The lowest BCUT2D eigenvalue weighted by atomic mass is 10.0. The first-order valence-corrected chi connectivity index (χ1v) is 8.40. The molecular formula is C19H22FN3O2. The molecule has 1 N–H and O–H groups in total. The van der Waals surface area contributed by atoms with E-state index in [1.165, 1.54) is 6.07 Å². The molecule has 25 heavy (non-hydrogen) atoms. The molecule has 1 aliphatic rings. The number of nitrogens with zero attached hydrogens (tertiary/aromatic N) is 3. The molecule has 1 fully saturated rings. The molecule has 0 bridgehead atoms. The number of pyridine rings is 1. The van der Waals surface area contributed by atoms with Crippen molar-refractivity contribution in [2.45, 2.75) is 19.5 Å². The highest BCUT2D eigenvalue weighted by Gasteiger charge is 2.30. The second-order valence-corrected chi connectivity index (χ2v) is 6.40. The van der Waals surface area contributed by atoms with E-state index in [1.54, 1.807) is 12.3 Å². The van der Waals surface area contributed by atoms with E-state index in [0.29, 0.717) is 38.4 Å². The smallest absolute Gasteiger partial charge is 0.325 e. The van der Waals surface area contributed by atoms with E-state index in [9.17, 15) is 14.3 Å². The third kappa shape index (κ3) is 4.21. The third-order valence-corrected chi connectivity index (χ3v) is 4.57. The zero-order chi connectivity index (χ0) is 17.8.